The van der Waals surface area contributed by atoms with Crippen LogP contribution in [0.1, 0.15) is 51.8 Å². The van der Waals surface area contributed by atoms with Gasteiger partial charge in [0.15, 0.2) is 0 Å². The highest BCUT2D eigenvalue weighted by Crippen LogP contribution is 2.18. The molecule has 20 heavy (non-hydrogen) atoms. The zero-order chi connectivity index (χ0) is 15.1. The summed E-state index contributed by atoms with van der Waals surface area (Å²) in [5.74, 6) is 2.30. The Hall–Kier alpha value is -1.56. The lowest BCUT2D eigenvalue weighted by atomic mass is 10.1. The SMILES string of the molecule is Cc1cc(C#N)cc(N(CCC(C)C)CCC(C)C)n1. The summed E-state index contributed by atoms with van der Waals surface area (Å²) in [6, 6.07) is 5.98. The number of aromatic nitrogens is 1. The van der Waals surface area contributed by atoms with Crippen molar-refractivity contribution in [3.8, 4) is 6.07 Å². The highest BCUT2D eigenvalue weighted by molar-refractivity contribution is 5.46. The first-order valence-electron chi connectivity index (χ1n) is 7.56. The molecule has 0 aliphatic rings. The predicted molar refractivity (Wildman–Crippen MR) is 84.8 cm³/mol. The molecule has 1 aromatic heterocycles. The van der Waals surface area contributed by atoms with E-state index in [-0.39, 0.29) is 0 Å². The number of nitriles is 1. The molecule has 0 unspecified atom stereocenters. The van der Waals surface area contributed by atoms with E-state index in [0.717, 1.165) is 37.4 Å². The molecule has 0 aromatic carbocycles. The maximum absolute atomic E-state index is 9.11. The fourth-order valence-corrected chi connectivity index (χ4v) is 2.05. The van der Waals surface area contributed by atoms with Crippen LogP contribution in [0.15, 0.2) is 12.1 Å². The summed E-state index contributed by atoms with van der Waals surface area (Å²) >= 11 is 0. The van der Waals surface area contributed by atoms with Crippen LogP contribution in [0.4, 0.5) is 5.82 Å². The Balaban J connectivity index is 2.90. The van der Waals surface area contributed by atoms with Crippen LogP contribution in [-0.4, -0.2) is 18.1 Å². The average molecular weight is 273 g/mol. The zero-order valence-electron chi connectivity index (χ0n) is 13.5. The van der Waals surface area contributed by atoms with E-state index < -0.39 is 0 Å². The van der Waals surface area contributed by atoms with E-state index in [9.17, 15) is 0 Å². The van der Waals surface area contributed by atoms with Crippen LogP contribution in [-0.2, 0) is 0 Å². The fourth-order valence-electron chi connectivity index (χ4n) is 2.05. The third-order valence-electron chi connectivity index (χ3n) is 3.35. The molecule has 1 aromatic rings. The van der Waals surface area contributed by atoms with Crippen LogP contribution in [0.5, 0.6) is 0 Å². The second kappa shape index (κ2) is 7.89. The Morgan fingerprint density at radius 1 is 1.10 bits per heavy atom. The summed E-state index contributed by atoms with van der Waals surface area (Å²) in [5, 5.41) is 9.11. The number of anilines is 1. The van der Waals surface area contributed by atoms with Crippen LogP contribution in [0, 0.1) is 30.1 Å². The van der Waals surface area contributed by atoms with Gasteiger partial charge >= 0.3 is 0 Å². The molecule has 110 valence electrons. The molecule has 0 saturated carbocycles. The van der Waals surface area contributed by atoms with Gasteiger partial charge in [-0.05, 0) is 43.7 Å². The minimum Gasteiger partial charge on any atom is -0.357 e. The topological polar surface area (TPSA) is 39.9 Å². The number of hydrogen-bond donors (Lipinski definition) is 0. The molecule has 0 spiro atoms. The fraction of sp³-hybridized carbons (Fsp3) is 0.647. The zero-order valence-corrected chi connectivity index (χ0v) is 13.5. The molecule has 0 fully saturated rings. The Morgan fingerprint density at radius 3 is 2.10 bits per heavy atom. The Kier molecular flexibility index (Phi) is 6.51. The third-order valence-corrected chi connectivity index (χ3v) is 3.35. The first kappa shape index (κ1) is 16.5. The van der Waals surface area contributed by atoms with Crippen LogP contribution in [0.2, 0.25) is 0 Å². The molecule has 3 heteroatoms. The molecule has 0 saturated heterocycles. The second-order valence-electron chi connectivity index (χ2n) is 6.32. The van der Waals surface area contributed by atoms with Gasteiger partial charge in [-0.2, -0.15) is 5.26 Å². The highest BCUT2D eigenvalue weighted by Gasteiger charge is 2.11. The lowest BCUT2D eigenvalue weighted by molar-refractivity contribution is 0.533. The van der Waals surface area contributed by atoms with Crippen molar-refractivity contribution in [1.29, 1.82) is 5.26 Å². The number of rotatable bonds is 7. The molecule has 0 N–H and O–H groups in total. The van der Waals surface area contributed by atoms with Gasteiger partial charge in [-0.15, -0.1) is 0 Å². The van der Waals surface area contributed by atoms with Crippen LogP contribution in [0.25, 0.3) is 0 Å². The first-order chi connectivity index (χ1) is 9.42. The number of aryl methyl sites for hydroxylation is 1. The minimum atomic E-state index is 0.678. The van der Waals surface area contributed by atoms with E-state index in [2.05, 4.69) is 43.6 Å². The highest BCUT2D eigenvalue weighted by atomic mass is 15.2. The Morgan fingerprint density at radius 2 is 1.65 bits per heavy atom. The normalized spacial score (nSPS) is 10.9. The molecule has 0 aliphatic carbocycles. The van der Waals surface area contributed by atoms with Crippen molar-refractivity contribution in [1.82, 2.24) is 4.98 Å². The van der Waals surface area contributed by atoms with Gasteiger partial charge in [-0.1, -0.05) is 27.7 Å². The lowest BCUT2D eigenvalue weighted by Gasteiger charge is -2.26. The van der Waals surface area contributed by atoms with Crippen molar-refractivity contribution < 1.29 is 0 Å². The van der Waals surface area contributed by atoms with E-state index in [1.165, 1.54) is 0 Å². The van der Waals surface area contributed by atoms with Crippen molar-refractivity contribution in [3.63, 3.8) is 0 Å². The third kappa shape index (κ3) is 5.61. The van der Waals surface area contributed by atoms with Gasteiger partial charge in [-0.25, -0.2) is 4.98 Å². The molecular formula is C17H27N3. The lowest BCUT2D eigenvalue weighted by Crippen LogP contribution is -2.28. The van der Waals surface area contributed by atoms with E-state index >= 15 is 0 Å². The van der Waals surface area contributed by atoms with Gasteiger partial charge in [0.25, 0.3) is 0 Å². The van der Waals surface area contributed by atoms with E-state index in [4.69, 9.17) is 5.26 Å². The molecule has 1 rings (SSSR count). The van der Waals surface area contributed by atoms with Gasteiger partial charge in [0.05, 0.1) is 11.6 Å². The maximum atomic E-state index is 9.11. The second-order valence-corrected chi connectivity index (χ2v) is 6.32. The van der Waals surface area contributed by atoms with Gasteiger partial charge in [0.1, 0.15) is 5.82 Å². The van der Waals surface area contributed by atoms with E-state index in [0.29, 0.717) is 17.4 Å². The van der Waals surface area contributed by atoms with Crippen LogP contribution >= 0.6 is 0 Å². The number of nitrogens with zero attached hydrogens (tertiary/aromatic N) is 3. The van der Waals surface area contributed by atoms with Crippen molar-refractivity contribution in [2.75, 3.05) is 18.0 Å². The summed E-state index contributed by atoms with van der Waals surface area (Å²) in [5.41, 5.74) is 1.62. The molecule has 0 radical (unpaired) electrons. The Bertz CT molecular complexity index is 446. The summed E-state index contributed by atoms with van der Waals surface area (Å²) in [6.45, 7) is 12.9. The van der Waals surface area contributed by atoms with Gasteiger partial charge < -0.3 is 4.90 Å². The molecule has 0 aliphatic heterocycles. The average Bonchev–Trinajstić information content (AvgIpc) is 2.37. The van der Waals surface area contributed by atoms with Crippen LogP contribution in [0.3, 0.4) is 0 Å². The summed E-state index contributed by atoms with van der Waals surface area (Å²) < 4.78 is 0. The van der Waals surface area contributed by atoms with Gasteiger partial charge in [0, 0.05) is 18.8 Å². The first-order valence-corrected chi connectivity index (χ1v) is 7.56. The standard InChI is InChI=1S/C17H27N3/c1-13(2)6-8-20(9-7-14(3)4)17-11-16(12-18)10-15(5)19-17/h10-11,13-14H,6-9H2,1-5H3. The smallest absolute Gasteiger partial charge is 0.130 e. The molecule has 0 bridgehead atoms. The summed E-state index contributed by atoms with van der Waals surface area (Å²) in [7, 11) is 0. The maximum Gasteiger partial charge on any atom is 0.130 e. The van der Waals surface area contributed by atoms with Crippen molar-refractivity contribution in [2.24, 2.45) is 11.8 Å². The summed E-state index contributed by atoms with van der Waals surface area (Å²) in [6.07, 6.45) is 2.30. The quantitative estimate of drug-likeness (QED) is 0.749. The van der Waals surface area contributed by atoms with Crippen LogP contribution < -0.4 is 4.90 Å². The van der Waals surface area contributed by atoms with Crippen molar-refractivity contribution >= 4 is 5.82 Å². The molecular weight excluding hydrogens is 246 g/mol. The Labute approximate surface area is 123 Å². The van der Waals surface area contributed by atoms with E-state index in [1.807, 2.05) is 19.1 Å². The molecule has 1 heterocycles. The summed E-state index contributed by atoms with van der Waals surface area (Å²) in [4.78, 5) is 6.94. The molecule has 0 atom stereocenters. The van der Waals surface area contributed by atoms with Gasteiger partial charge in [0.2, 0.25) is 0 Å². The van der Waals surface area contributed by atoms with Crippen molar-refractivity contribution in [3.05, 3.63) is 23.4 Å². The monoisotopic (exact) mass is 273 g/mol. The minimum absolute atomic E-state index is 0.678. The largest absolute Gasteiger partial charge is 0.357 e. The van der Waals surface area contributed by atoms with Crippen molar-refractivity contribution in [2.45, 2.75) is 47.5 Å². The number of hydrogen-bond acceptors (Lipinski definition) is 3. The number of pyridine rings is 1. The molecule has 0 amide bonds. The predicted octanol–water partition coefficient (Wildman–Crippen LogP) is 4.16. The molecule has 3 nitrogen and oxygen atoms in total. The van der Waals surface area contributed by atoms with E-state index in [1.54, 1.807) is 0 Å². The van der Waals surface area contributed by atoms with Gasteiger partial charge in [-0.3, -0.25) is 0 Å².